The molecule has 116 valence electrons. The van der Waals surface area contributed by atoms with Gasteiger partial charge >= 0.3 is 0 Å². The summed E-state index contributed by atoms with van der Waals surface area (Å²) in [5.41, 5.74) is 0.928. The summed E-state index contributed by atoms with van der Waals surface area (Å²) in [5, 5.41) is 0. The second kappa shape index (κ2) is 6.64. The summed E-state index contributed by atoms with van der Waals surface area (Å²) < 4.78 is 32.3. The van der Waals surface area contributed by atoms with Crippen molar-refractivity contribution in [2.24, 2.45) is 0 Å². The zero-order valence-corrected chi connectivity index (χ0v) is 12.7. The van der Waals surface area contributed by atoms with E-state index in [1.54, 1.807) is 6.07 Å². The van der Waals surface area contributed by atoms with Gasteiger partial charge in [-0.3, -0.25) is 4.79 Å². The van der Waals surface area contributed by atoms with Crippen molar-refractivity contribution >= 4 is 5.78 Å². The van der Waals surface area contributed by atoms with Gasteiger partial charge in [-0.15, -0.1) is 0 Å². The van der Waals surface area contributed by atoms with Crippen molar-refractivity contribution in [2.45, 2.75) is 26.2 Å². The van der Waals surface area contributed by atoms with E-state index in [1.807, 2.05) is 13.8 Å². The minimum absolute atomic E-state index is 0.00546. The Bertz CT molecular complexity index is 699. The quantitative estimate of drug-likeness (QED) is 0.786. The van der Waals surface area contributed by atoms with Gasteiger partial charge in [-0.2, -0.15) is 0 Å². The summed E-state index contributed by atoms with van der Waals surface area (Å²) in [6.45, 7) is 3.74. The molecule has 0 atom stereocenters. The van der Waals surface area contributed by atoms with E-state index in [0.29, 0.717) is 11.1 Å². The molecule has 0 radical (unpaired) electrons. The highest BCUT2D eigenvalue weighted by Crippen LogP contribution is 2.21. The highest BCUT2D eigenvalue weighted by Gasteiger charge is 2.16. The van der Waals surface area contributed by atoms with Crippen molar-refractivity contribution in [3.63, 3.8) is 0 Å². The summed E-state index contributed by atoms with van der Waals surface area (Å²) in [6, 6.07) is 5.61. The first-order chi connectivity index (χ1) is 10.4. The van der Waals surface area contributed by atoms with Gasteiger partial charge in [0.05, 0.1) is 13.3 Å². The topological polar surface area (TPSA) is 39.2 Å². The van der Waals surface area contributed by atoms with Crippen LogP contribution in [0.2, 0.25) is 0 Å². The molecule has 0 amide bonds. The third-order valence-electron chi connectivity index (χ3n) is 3.36. The molecule has 1 aromatic carbocycles. The fourth-order valence-corrected chi connectivity index (χ4v) is 2.15. The number of benzene rings is 1. The Labute approximate surface area is 128 Å². The SMILES string of the molecule is COc1cnc(C(=O)Cc2ccc(F)c(C(C)C)c2)c(F)c1. The smallest absolute Gasteiger partial charge is 0.188 e. The molecule has 5 heteroatoms. The average molecular weight is 305 g/mol. The molecular weight excluding hydrogens is 288 g/mol. The molecule has 3 nitrogen and oxygen atoms in total. The zero-order chi connectivity index (χ0) is 16.3. The van der Waals surface area contributed by atoms with E-state index in [4.69, 9.17) is 4.74 Å². The van der Waals surface area contributed by atoms with Crippen LogP contribution in [0, 0.1) is 11.6 Å². The van der Waals surface area contributed by atoms with Gasteiger partial charge in [-0.1, -0.05) is 26.0 Å². The van der Waals surface area contributed by atoms with Crippen LogP contribution in [0.25, 0.3) is 0 Å². The van der Waals surface area contributed by atoms with Crippen LogP contribution in [0.4, 0.5) is 8.78 Å². The molecule has 0 saturated heterocycles. The van der Waals surface area contributed by atoms with Crippen LogP contribution in [0.5, 0.6) is 5.75 Å². The minimum Gasteiger partial charge on any atom is -0.495 e. The van der Waals surface area contributed by atoms with Crippen molar-refractivity contribution in [3.8, 4) is 5.75 Å². The summed E-state index contributed by atoms with van der Waals surface area (Å²) >= 11 is 0. The number of methoxy groups -OCH3 is 1. The van der Waals surface area contributed by atoms with Crippen molar-refractivity contribution in [1.29, 1.82) is 0 Å². The Hall–Kier alpha value is -2.30. The van der Waals surface area contributed by atoms with Gasteiger partial charge < -0.3 is 4.74 Å². The van der Waals surface area contributed by atoms with Crippen LogP contribution in [0.1, 0.15) is 41.4 Å². The molecule has 0 unspecified atom stereocenters. The molecule has 22 heavy (non-hydrogen) atoms. The number of Topliss-reactive ketones (excluding diaryl/α,β-unsaturated/α-hetero) is 1. The zero-order valence-electron chi connectivity index (χ0n) is 12.7. The highest BCUT2D eigenvalue weighted by atomic mass is 19.1. The van der Waals surface area contributed by atoms with Crippen molar-refractivity contribution in [3.05, 3.63) is 58.9 Å². The molecule has 0 aliphatic carbocycles. The molecule has 0 bridgehead atoms. The van der Waals surface area contributed by atoms with Gasteiger partial charge in [0.1, 0.15) is 17.3 Å². The maximum Gasteiger partial charge on any atom is 0.188 e. The number of halogens is 2. The van der Waals surface area contributed by atoms with Crippen LogP contribution >= 0.6 is 0 Å². The van der Waals surface area contributed by atoms with E-state index in [2.05, 4.69) is 4.98 Å². The lowest BCUT2D eigenvalue weighted by Gasteiger charge is -2.10. The molecule has 0 N–H and O–H groups in total. The first-order valence-corrected chi connectivity index (χ1v) is 6.93. The van der Waals surface area contributed by atoms with Gasteiger partial charge in [0, 0.05) is 12.5 Å². The molecule has 2 aromatic rings. The van der Waals surface area contributed by atoms with Crippen molar-refractivity contribution in [2.75, 3.05) is 7.11 Å². The van der Waals surface area contributed by atoms with E-state index < -0.39 is 11.6 Å². The van der Waals surface area contributed by atoms with Gasteiger partial charge in [0.15, 0.2) is 11.6 Å². The van der Waals surface area contributed by atoms with E-state index in [9.17, 15) is 13.6 Å². The van der Waals surface area contributed by atoms with Crippen molar-refractivity contribution < 1.29 is 18.3 Å². The highest BCUT2D eigenvalue weighted by molar-refractivity contribution is 5.96. The number of pyridine rings is 1. The number of ketones is 1. The minimum atomic E-state index is -0.726. The third-order valence-corrected chi connectivity index (χ3v) is 3.36. The van der Waals surface area contributed by atoms with E-state index in [-0.39, 0.29) is 29.6 Å². The van der Waals surface area contributed by atoms with Crippen LogP contribution in [-0.4, -0.2) is 17.9 Å². The average Bonchev–Trinajstić information content (AvgIpc) is 2.48. The predicted molar refractivity (Wildman–Crippen MR) is 79.3 cm³/mol. The molecule has 0 aliphatic heterocycles. The number of ether oxygens (including phenoxy) is 1. The summed E-state index contributed by atoms with van der Waals surface area (Å²) in [7, 11) is 1.39. The van der Waals surface area contributed by atoms with Crippen molar-refractivity contribution in [1.82, 2.24) is 4.98 Å². The molecule has 0 fully saturated rings. The second-order valence-electron chi connectivity index (χ2n) is 5.32. The van der Waals surface area contributed by atoms with Crippen LogP contribution in [0.15, 0.2) is 30.5 Å². The fourth-order valence-electron chi connectivity index (χ4n) is 2.15. The monoisotopic (exact) mass is 305 g/mol. The molecule has 1 aromatic heterocycles. The maximum atomic E-state index is 13.8. The van der Waals surface area contributed by atoms with Gasteiger partial charge in [0.25, 0.3) is 0 Å². The van der Waals surface area contributed by atoms with E-state index in [1.165, 1.54) is 25.4 Å². The Morgan fingerprint density at radius 1 is 1.23 bits per heavy atom. The molecule has 1 heterocycles. The first-order valence-electron chi connectivity index (χ1n) is 6.93. The Morgan fingerprint density at radius 3 is 2.55 bits per heavy atom. The third kappa shape index (κ3) is 3.47. The van der Waals surface area contributed by atoms with Gasteiger partial charge in [-0.25, -0.2) is 13.8 Å². The summed E-state index contributed by atoms with van der Waals surface area (Å²) in [5.74, 6) is -1.24. The standard InChI is InChI=1S/C17H17F2NO2/c1-10(2)13-6-11(4-5-14(13)18)7-16(21)17-15(19)8-12(22-3)9-20-17/h4-6,8-10H,7H2,1-3H3. The molecule has 0 saturated carbocycles. The van der Waals surface area contributed by atoms with E-state index >= 15 is 0 Å². The Kier molecular flexibility index (Phi) is 4.85. The predicted octanol–water partition coefficient (Wildman–Crippen LogP) is 3.92. The van der Waals surface area contributed by atoms with E-state index in [0.717, 1.165) is 6.07 Å². The maximum absolute atomic E-state index is 13.8. The van der Waals surface area contributed by atoms with Crippen LogP contribution in [0.3, 0.4) is 0 Å². The normalized spacial score (nSPS) is 10.8. The van der Waals surface area contributed by atoms with Gasteiger partial charge in [-0.05, 0) is 23.1 Å². The van der Waals surface area contributed by atoms with Crippen LogP contribution < -0.4 is 4.74 Å². The number of nitrogens with zero attached hydrogens (tertiary/aromatic N) is 1. The number of rotatable bonds is 5. The molecule has 0 aliphatic rings. The lowest BCUT2D eigenvalue weighted by Crippen LogP contribution is -2.09. The summed E-state index contributed by atoms with van der Waals surface area (Å²) in [4.78, 5) is 16.0. The number of carbonyl (C=O) groups excluding carboxylic acids is 1. The first kappa shape index (κ1) is 16.1. The lowest BCUT2D eigenvalue weighted by molar-refractivity contribution is 0.0983. The number of hydrogen-bond donors (Lipinski definition) is 0. The Balaban J connectivity index is 2.24. The largest absolute Gasteiger partial charge is 0.495 e. The molecule has 0 spiro atoms. The second-order valence-corrected chi connectivity index (χ2v) is 5.32. The Morgan fingerprint density at radius 2 is 1.95 bits per heavy atom. The fraction of sp³-hybridized carbons (Fsp3) is 0.294. The van der Waals surface area contributed by atoms with Crippen LogP contribution in [-0.2, 0) is 6.42 Å². The number of hydrogen-bond acceptors (Lipinski definition) is 3. The van der Waals surface area contributed by atoms with Gasteiger partial charge in [0.2, 0.25) is 0 Å². The molecular formula is C17H17F2NO2. The summed E-state index contributed by atoms with van der Waals surface area (Å²) in [6.07, 6.45) is 1.26. The number of carbonyl (C=O) groups is 1. The lowest BCUT2D eigenvalue weighted by atomic mass is 9.97. The number of aromatic nitrogens is 1. The molecule has 2 rings (SSSR count).